The van der Waals surface area contributed by atoms with Crippen molar-refractivity contribution in [3.63, 3.8) is 0 Å². The van der Waals surface area contributed by atoms with Gasteiger partial charge in [0.1, 0.15) is 0 Å². The van der Waals surface area contributed by atoms with Gasteiger partial charge in [-0.05, 0) is 6.07 Å². The lowest BCUT2D eigenvalue weighted by molar-refractivity contribution is 0.322. The van der Waals surface area contributed by atoms with Gasteiger partial charge in [0.15, 0.2) is 0 Å². The molecule has 60 valence electrons. The molecule has 0 amide bonds. The maximum atomic E-state index is 8.35. The van der Waals surface area contributed by atoms with Gasteiger partial charge in [0.2, 0.25) is 0 Å². The van der Waals surface area contributed by atoms with E-state index in [-0.39, 0.29) is 0 Å². The Labute approximate surface area is 69.3 Å². The molecule has 0 spiro atoms. The molecule has 0 saturated carbocycles. The van der Waals surface area contributed by atoms with Gasteiger partial charge in [0.25, 0.3) is 0 Å². The maximum absolute atomic E-state index is 8.35. The van der Waals surface area contributed by atoms with Crippen LogP contribution in [0, 0.1) is 0 Å². The third-order valence-electron chi connectivity index (χ3n) is 1.82. The highest BCUT2D eigenvalue weighted by molar-refractivity contribution is 5.98. The van der Waals surface area contributed by atoms with Crippen molar-refractivity contribution in [1.29, 1.82) is 0 Å². The van der Waals surface area contributed by atoms with Crippen molar-refractivity contribution in [2.24, 2.45) is 5.16 Å². The largest absolute Gasteiger partial charge is 0.411 e. The summed E-state index contributed by atoms with van der Waals surface area (Å²) in [6.07, 6.45) is 3.23. The highest BCUT2D eigenvalue weighted by Gasteiger charge is 1.98. The van der Waals surface area contributed by atoms with E-state index >= 15 is 0 Å². The molecule has 2 aromatic rings. The van der Waals surface area contributed by atoms with Gasteiger partial charge < -0.3 is 10.2 Å². The molecule has 2 rings (SSSR count). The lowest BCUT2D eigenvalue weighted by atomic mass is 10.2. The van der Waals surface area contributed by atoms with Gasteiger partial charge in [-0.2, -0.15) is 0 Å². The van der Waals surface area contributed by atoms with Crippen LogP contribution in [0.25, 0.3) is 10.9 Å². The van der Waals surface area contributed by atoms with Gasteiger partial charge in [-0.1, -0.05) is 23.4 Å². The molecule has 0 atom stereocenters. The van der Waals surface area contributed by atoms with Crippen LogP contribution in [-0.2, 0) is 0 Å². The van der Waals surface area contributed by atoms with E-state index in [2.05, 4.69) is 10.1 Å². The second-order valence-electron chi connectivity index (χ2n) is 2.53. The zero-order valence-electron chi connectivity index (χ0n) is 6.36. The molecule has 3 heteroatoms. The van der Waals surface area contributed by atoms with Crippen molar-refractivity contribution in [1.82, 2.24) is 4.98 Å². The van der Waals surface area contributed by atoms with Crippen LogP contribution in [0.1, 0.15) is 5.56 Å². The number of fused-ring (bicyclic) bond motifs is 1. The molecule has 2 N–H and O–H groups in total. The average Bonchev–Trinajstić information content (AvgIpc) is 2.50. The highest BCUT2D eigenvalue weighted by atomic mass is 16.4. The van der Waals surface area contributed by atoms with E-state index in [1.165, 1.54) is 6.21 Å². The summed E-state index contributed by atoms with van der Waals surface area (Å²) in [5.41, 5.74) is 1.94. The molecule has 1 heterocycles. The smallest absolute Gasteiger partial charge is 0.0755 e. The Morgan fingerprint density at radius 1 is 1.33 bits per heavy atom. The van der Waals surface area contributed by atoms with Crippen LogP contribution < -0.4 is 0 Å². The van der Waals surface area contributed by atoms with Crippen molar-refractivity contribution in [2.75, 3.05) is 0 Å². The second kappa shape index (κ2) is 2.70. The first-order valence-corrected chi connectivity index (χ1v) is 3.65. The van der Waals surface area contributed by atoms with Gasteiger partial charge in [-0.15, -0.1) is 0 Å². The van der Waals surface area contributed by atoms with E-state index in [1.807, 2.05) is 30.5 Å². The number of hydrogen-bond acceptors (Lipinski definition) is 2. The van der Waals surface area contributed by atoms with E-state index in [4.69, 9.17) is 5.21 Å². The molecule has 0 fully saturated rings. The van der Waals surface area contributed by atoms with Crippen LogP contribution in [0.5, 0.6) is 0 Å². The van der Waals surface area contributed by atoms with Crippen LogP contribution >= 0.6 is 0 Å². The molecule has 0 radical (unpaired) electrons. The number of oxime groups is 1. The summed E-state index contributed by atoms with van der Waals surface area (Å²) in [5, 5.41) is 12.4. The molecule has 0 saturated heterocycles. The zero-order valence-corrected chi connectivity index (χ0v) is 6.36. The molecule has 0 aliphatic heterocycles. The molecule has 3 nitrogen and oxygen atoms in total. The Balaban J connectivity index is 2.70. The lowest BCUT2D eigenvalue weighted by Gasteiger charge is -1.87. The number of aromatic amines is 1. The van der Waals surface area contributed by atoms with Gasteiger partial charge in [0, 0.05) is 22.7 Å². The van der Waals surface area contributed by atoms with Crippen molar-refractivity contribution in [2.45, 2.75) is 0 Å². The maximum Gasteiger partial charge on any atom is 0.0755 e. The minimum atomic E-state index is 0.896. The van der Waals surface area contributed by atoms with Gasteiger partial charge >= 0.3 is 0 Å². The minimum Gasteiger partial charge on any atom is -0.411 e. The Morgan fingerprint density at radius 3 is 3.00 bits per heavy atom. The minimum absolute atomic E-state index is 0.896. The molecule has 0 aliphatic carbocycles. The van der Waals surface area contributed by atoms with Crippen molar-refractivity contribution in [3.8, 4) is 0 Å². The summed E-state index contributed by atoms with van der Waals surface area (Å²) in [6, 6.07) is 7.86. The number of nitrogens with one attached hydrogen (secondary N) is 1. The Morgan fingerprint density at radius 2 is 2.17 bits per heavy atom. The molecule has 1 aromatic heterocycles. The number of benzene rings is 1. The van der Waals surface area contributed by atoms with E-state index in [9.17, 15) is 0 Å². The van der Waals surface area contributed by atoms with Crippen molar-refractivity contribution < 1.29 is 5.21 Å². The number of rotatable bonds is 1. The fraction of sp³-hybridized carbons (Fsp3) is 0. The standard InChI is InChI=1S/C9H8N2O/c12-11-6-7-5-10-9-4-2-1-3-8(7)9/h1-6,10,12H. The SMILES string of the molecule is ON=Cc1c[nH]c2ccccc12. The Hall–Kier alpha value is -1.77. The van der Waals surface area contributed by atoms with Crippen LogP contribution in [0.4, 0.5) is 0 Å². The molecule has 0 aliphatic rings. The summed E-state index contributed by atoms with van der Waals surface area (Å²) < 4.78 is 0. The summed E-state index contributed by atoms with van der Waals surface area (Å²) in [5.74, 6) is 0. The van der Waals surface area contributed by atoms with E-state index in [0.717, 1.165) is 16.5 Å². The zero-order chi connectivity index (χ0) is 8.39. The van der Waals surface area contributed by atoms with Crippen LogP contribution in [-0.4, -0.2) is 16.4 Å². The van der Waals surface area contributed by atoms with Crippen LogP contribution in [0.2, 0.25) is 0 Å². The average molecular weight is 160 g/mol. The fourth-order valence-corrected chi connectivity index (χ4v) is 1.26. The molecule has 12 heavy (non-hydrogen) atoms. The van der Waals surface area contributed by atoms with Crippen LogP contribution in [0.3, 0.4) is 0 Å². The fourth-order valence-electron chi connectivity index (χ4n) is 1.26. The quantitative estimate of drug-likeness (QED) is 0.374. The second-order valence-corrected chi connectivity index (χ2v) is 2.53. The molecular formula is C9H8N2O. The van der Waals surface area contributed by atoms with Crippen LogP contribution in [0.15, 0.2) is 35.6 Å². The summed E-state index contributed by atoms with van der Waals surface area (Å²) >= 11 is 0. The molecule has 1 aromatic carbocycles. The summed E-state index contributed by atoms with van der Waals surface area (Å²) in [7, 11) is 0. The number of para-hydroxylation sites is 1. The summed E-state index contributed by atoms with van der Waals surface area (Å²) in [6.45, 7) is 0. The van der Waals surface area contributed by atoms with E-state index < -0.39 is 0 Å². The van der Waals surface area contributed by atoms with Gasteiger partial charge in [-0.3, -0.25) is 0 Å². The monoisotopic (exact) mass is 160 g/mol. The van der Waals surface area contributed by atoms with Crippen molar-refractivity contribution >= 4 is 17.1 Å². The number of H-pyrrole nitrogens is 1. The predicted molar refractivity (Wildman–Crippen MR) is 47.7 cm³/mol. The number of aromatic nitrogens is 1. The molecule has 0 unspecified atom stereocenters. The molecular weight excluding hydrogens is 152 g/mol. The first kappa shape index (κ1) is 6.91. The summed E-state index contributed by atoms with van der Waals surface area (Å²) in [4.78, 5) is 3.07. The van der Waals surface area contributed by atoms with E-state index in [1.54, 1.807) is 0 Å². The van der Waals surface area contributed by atoms with Crippen molar-refractivity contribution in [3.05, 3.63) is 36.0 Å². The Bertz CT molecular complexity index is 417. The van der Waals surface area contributed by atoms with Gasteiger partial charge in [0.05, 0.1) is 6.21 Å². The highest BCUT2D eigenvalue weighted by Crippen LogP contribution is 2.15. The first-order chi connectivity index (χ1) is 5.92. The predicted octanol–water partition coefficient (Wildman–Crippen LogP) is 1.98. The normalized spacial score (nSPS) is 11.3. The topological polar surface area (TPSA) is 48.4 Å². The third kappa shape index (κ3) is 0.955. The Kier molecular flexibility index (Phi) is 1.55. The number of nitrogens with zero attached hydrogens (tertiary/aromatic N) is 1. The lowest BCUT2D eigenvalue weighted by Crippen LogP contribution is -1.75. The van der Waals surface area contributed by atoms with E-state index in [0.29, 0.717) is 0 Å². The third-order valence-corrected chi connectivity index (χ3v) is 1.82. The first-order valence-electron chi connectivity index (χ1n) is 3.65. The number of hydrogen-bond donors (Lipinski definition) is 2. The molecule has 0 bridgehead atoms. The van der Waals surface area contributed by atoms with Gasteiger partial charge in [-0.25, -0.2) is 0 Å².